The molecule has 29 heavy (non-hydrogen) atoms. The van der Waals surface area contributed by atoms with E-state index in [0.29, 0.717) is 0 Å². The van der Waals surface area contributed by atoms with Crippen LogP contribution in [-0.4, -0.2) is 0 Å². The van der Waals surface area contributed by atoms with E-state index in [2.05, 4.69) is 65.8 Å². The summed E-state index contributed by atoms with van der Waals surface area (Å²) < 4.78 is 0. The zero-order chi connectivity index (χ0) is 19.2. The molecule has 3 heteroatoms. The van der Waals surface area contributed by atoms with Gasteiger partial charge in [-0.15, -0.1) is 6.92 Å². The zero-order valence-electron chi connectivity index (χ0n) is 19.4. The van der Waals surface area contributed by atoms with Crippen molar-refractivity contribution in [2.75, 3.05) is 0 Å². The van der Waals surface area contributed by atoms with Crippen molar-refractivity contribution in [3.63, 3.8) is 0 Å². The van der Waals surface area contributed by atoms with Gasteiger partial charge in [0.2, 0.25) is 0 Å². The molecular weight excluding hydrogens is 474 g/mol. The van der Waals surface area contributed by atoms with Crippen molar-refractivity contribution >= 4 is 0 Å². The Hall–Kier alpha value is 0.293. The van der Waals surface area contributed by atoms with E-state index in [-0.39, 0.29) is 56.4 Å². The predicted molar refractivity (Wildman–Crippen MR) is 116 cm³/mol. The van der Waals surface area contributed by atoms with Crippen LogP contribution in [0.3, 0.4) is 0 Å². The van der Waals surface area contributed by atoms with Crippen LogP contribution < -0.4 is 24.8 Å². The van der Waals surface area contributed by atoms with Crippen LogP contribution in [0, 0.1) is 11.5 Å². The Morgan fingerprint density at radius 1 is 1.03 bits per heavy atom. The molecule has 0 N–H and O–H groups in total. The van der Waals surface area contributed by atoms with Crippen LogP contribution in [0.2, 0.25) is 0 Å². The van der Waals surface area contributed by atoms with Gasteiger partial charge in [0.05, 0.1) is 0 Å². The topological polar surface area (TPSA) is 0 Å². The predicted octanol–water partition coefficient (Wildman–Crippen LogP) is 2.30. The minimum atomic E-state index is 0. The van der Waals surface area contributed by atoms with Crippen molar-refractivity contribution in [3.05, 3.63) is 52.1 Å². The Balaban J connectivity index is 0. The zero-order valence-corrected chi connectivity index (χ0v) is 23.4. The molecule has 0 amide bonds. The monoisotopic (exact) mass is 512 g/mol. The molecule has 0 aliphatic heterocycles. The second-order valence-electron chi connectivity index (χ2n) is 8.97. The maximum Gasteiger partial charge on any atom is 4.00 e. The van der Waals surface area contributed by atoms with Crippen LogP contribution in [0.5, 0.6) is 0 Å². The number of hydrogen-bond donors (Lipinski definition) is 0. The first-order valence-electron chi connectivity index (χ1n) is 10.9. The summed E-state index contributed by atoms with van der Waals surface area (Å²) in [5.74, 6) is 0.873. The van der Waals surface area contributed by atoms with Gasteiger partial charge in [0, 0.05) is 0 Å². The molecule has 1 aromatic rings. The Morgan fingerprint density at radius 2 is 1.62 bits per heavy atom. The first-order valence-corrected chi connectivity index (χ1v) is 10.9. The molecule has 0 bridgehead atoms. The first-order chi connectivity index (χ1) is 12.3. The number of rotatable bonds is 4. The number of halogens is 2. The summed E-state index contributed by atoms with van der Waals surface area (Å²) in [4.78, 5) is 0. The summed E-state index contributed by atoms with van der Waals surface area (Å²) in [6.07, 6.45) is 16.0. The minimum Gasteiger partial charge on any atom is -1.00 e. The third-order valence-corrected chi connectivity index (χ3v) is 6.55. The molecule has 0 radical (unpaired) electrons. The molecule has 0 spiro atoms. The molecule has 3 rings (SSSR count). The number of aryl methyl sites for hydroxylation is 1. The fraction of sp³-hybridized carbons (Fsp3) is 0.654. The van der Waals surface area contributed by atoms with E-state index in [4.69, 9.17) is 0 Å². The summed E-state index contributed by atoms with van der Waals surface area (Å²) in [5, 5.41) is 0. The normalized spacial score (nSPS) is 18.3. The van der Waals surface area contributed by atoms with Crippen molar-refractivity contribution in [1.82, 2.24) is 0 Å². The first kappa shape index (κ1) is 31.5. The molecule has 0 saturated heterocycles. The molecule has 162 valence electrons. The van der Waals surface area contributed by atoms with E-state index in [0.717, 1.165) is 5.92 Å². The quantitative estimate of drug-likeness (QED) is 0.427. The Kier molecular flexibility index (Phi) is 16.4. The molecule has 1 saturated carbocycles. The van der Waals surface area contributed by atoms with Crippen LogP contribution in [-0.2, 0) is 32.6 Å². The second kappa shape index (κ2) is 15.2. The Labute approximate surface area is 212 Å². The van der Waals surface area contributed by atoms with Crippen molar-refractivity contribution in [2.45, 2.75) is 105 Å². The Bertz CT molecular complexity index is 629. The van der Waals surface area contributed by atoms with Gasteiger partial charge in [-0.05, 0) is 0 Å². The molecule has 0 nitrogen and oxygen atoms in total. The number of unbranched alkanes of at least 4 members (excludes halogenated alkanes) is 1. The van der Waals surface area contributed by atoms with E-state index >= 15 is 0 Å². The third kappa shape index (κ3) is 9.53. The van der Waals surface area contributed by atoms with E-state index in [1.807, 2.05) is 0 Å². The summed E-state index contributed by atoms with van der Waals surface area (Å²) in [6, 6.07) is 7.22. The maximum atomic E-state index is 3.44. The molecule has 0 aromatic heterocycles. The van der Waals surface area contributed by atoms with Gasteiger partial charge in [-0.2, -0.15) is 34.4 Å². The van der Waals surface area contributed by atoms with Crippen LogP contribution in [0.4, 0.5) is 0 Å². The maximum absolute atomic E-state index is 3.44. The van der Waals surface area contributed by atoms with Crippen molar-refractivity contribution in [2.24, 2.45) is 5.41 Å². The van der Waals surface area contributed by atoms with Crippen molar-refractivity contribution in [3.8, 4) is 0 Å². The summed E-state index contributed by atoms with van der Waals surface area (Å²) in [6.45, 7) is 13.2. The number of hydrogen-bond acceptors (Lipinski definition) is 0. The summed E-state index contributed by atoms with van der Waals surface area (Å²) in [5.41, 5.74) is 7.60. The van der Waals surface area contributed by atoms with E-state index in [1.54, 1.807) is 11.1 Å². The van der Waals surface area contributed by atoms with Gasteiger partial charge in [-0.25, -0.2) is 11.6 Å². The van der Waals surface area contributed by atoms with E-state index < -0.39 is 0 Å². The summed E-state index contributed by atoms with van der Waals surface area (Å²) >= 11 is 0. The smallest absolute Gasteiger partial charge is 1.00 e. The summed E-state index contributed by atoms with van der Waals surface area (Å²) in [7, 11) is 0. The fourth-order valence-electron chi connectivity index (χ4n) is 4.32. The number of allylic oxidation sites excluding steroid dienone is 4. The molecule has 2 aliphatic carbocycles. The van der Waals surface area contributed by atoms with Crippen LogP contribution >= 0.6 is 0 Å². The molecular formula is C26H40Cl2Zr. The Morgan fingerprint density at radius 3 is 2.03 bits per heavy atom. The fourth-order valence-corrected chi connectivity index (χ4v) is 4.32. The average molecular weight is 515 g/mol. The van der Waals surface area contributed by atoms with Gasteiger partial charge in [0.25, 0.3) is 0 Å². The second-order valence-corrected chi connectivity index (χ2v) is 8.97. The largest absolute Gasteiger partial charge is 4.00 e. The standard InChI is InChI=1S/C16H25.C10H15.2ClH.Zr/c1-2-3-8-14-11-12-16(13-14)15-9-6-4-5-7-10-15;1-7-6-10(4,5)9(3)8(7)2;;;/h11-13,15H,2-10H2,1H3;1-5H3;2*1H;/q2*-1;;;+4/p-2. The van der Waals surface area contributed by atoms with Crippen molar-refractivity contribution < 1.29 is 51.0 Å². The van der Waals surface area contributed by atoms with E-state index in [1.165, 1.54) is 74.5 Å². The third-order valence-electron chi connectivity index (χ3n) is 6.55. The van der Waals surface area contributed by atoms with Gasteiger partial charge in [0.1, 0.15) is 0 Å². The van der Waals surface area contributed by atoms with Crippen LogP contribution in [0.15, 0.2) is 34.9 Å². The van der Waals surface area contributed by atoms with Crippen LogP contribution in [0.1, 0.15) is 110 Å². The average Bonchev–Trinajstić information content (AvgIpc) is 3.00. The molecule has 0 heterocycles. The SMILES string of the molecule is CC1=[C-]C(C)(C)C(C)=C1C.CCCC[c-]1ccc(C2CCCCCC2)c1.[Cl-].[Cl-].[Zr+4]. The van der Waals surface area contributed by atoms with Crippen LogP contribution in [0.25, 0.3) is 0 Å². The van der Waals surface area contributed by atoms with E-state index in [9.17, 15) is 0 Å². The van der Waals surface area contributed by atoms with Gasteiger partial charge < -0.3 is 24.8 Å². The minimum absolute atomic E-state index is 0. The molecule has 0 atom stereocenters. The van der Waals surface area contributed by atoms with Gasteiger partial charge in [0.15, 0.2) is 0 Å². The van der Waals surface area contributed by atoms with Gasteiger partial charge >= 0.3 is 26.2 Å². The van der Waals surface area contributed by atoms with Gasteiger partial charge in [-0.3, -0.25) is 6.08 Å². The molecule has 1 aromatic carbocycles. The molecule has 2 aliphatic rings. The molecule has 1 fully saturated rings. The molecule has 0 unspecified atom stereocenters. The van der Waals surface area contributed by atoms with Crippen molar-refractivity contribution in [1.29, 1.82) is 0 Å². The van der Waals surface area contributed by atoms with Gasteiger partial charge in [-0.1, -0.05) is 104 Å².